The first-order valence-corrected chi connectivity index (χ1v) is 5.95. The zero-order valence-corrected chi connectivity index (χ0v) is 10.5. The summed E-state index contributed by atoms with van der Waals surface area (Å²) in [7, 11) is 2.18. The van der Waals surface area contributed by atoms with Gasteiger partial charge in [0.05, 0.1) is 0 Å². The largest absolute Gasteiger partial charge is 0.302 e. The van der Waals surface area contributed by atoms with Gasteiger partial charge in [0.25, 0.3) is 0 Å². The maximum atomic E-state index is 3.57. The summed E-state index contributed by atoms with van der Waals surface area (Å²) in [5.74, 6) is 0. The van der Waals surface area contributed by atoms with E-state index in [4.69, 9.17) is 0 Å². The fraction of sp³-hybridized carbons (Fsp3) is 0.500. The third-order valence-corrected chi connectivity index (χ3v) is 3.07. The maximum Gasteiger partial charge on any atom is 0.0241 e. The molecule has 1 aromatic rings. The average molecular weight is 256 g/mol. The second-order valence-electron chi connectivity index (χ2n) is 3.68. The van der Waals surface area contributed by atoms with Gasteiger partial charge in [-0.25, -0.2) is 0 Å². The fourth-order valence-corrected chi connectivity index (χ4v) is 1.83. The summed E-state index contributed by atoms with van der Waals surface area (Å²) in [6, 6.07) is 8.42. The Morgan fingerprint density at radius 1 is 1.29 bits per heavy atom. The third kappa shape index (κ3) is 3.81. The summed E-state index contributed by atoms with van der Waals surface area (Å²) in [5.41, 5.74) is 1.37. The zero-order chi connectivity index (χ0) is 10.4. The topological polar surface area (TPSA) is 3.24 Å². The number of hydrogen-bond acceptors (Lipinski definition) is 1. The molecule has 0 N–H and O–H groups in total. The van der Waals surface area contributed by atoms with Gasteiger partial charge >= 0.3 is 0 Å². The quantitative estimate of drug-likeness (QED) is 0.776. The molecule has 0 aliphatic rings. The summed E-state index contributed by atoms with van der Waals surface area (Å²) in [6.07, 6.45) is 2.54. The number of halogens is 1. The molecule has 1 aromatic carbocycles. The second kappa shape index (κ2) is 6.20. The van der Waals surface area contributed by atoms with Gasteiger partial charge in [-0.05, 0) is 31.6 Å². The van der Waals surface area contributed by atoms with Crippen LogP contribution in [0, 0.1) is 0 Å². The molecule has 0 aromatic heterocycles. The lowest BCUT2D eigenvalue weighted by molar-refractivity contribution is 0.320. The number of benzene rings is 1. The Morgan fingerprint density at radius 3 is 2.64 bits per heavy atom. The molecule has 2 heteroatoms. The van der Waals surface area contributed by atoms with E-state index >= 15 is 0 Å². The molecule has 0 heterocycles. The molecule has 0 spiro atoms. The lowest BCUT2D eigenvalue weighted by atomic mass is 10.2. The van der Waals surface area contributed by atoms with Gasteiger partial charge in [-0.15, -0.1) is 0 Å². The molecule has 0 bridgehead atoms. The number of nitrogens with zero attached hydrogens (tertiary/aromatic N) is 1. The summed E-state index contributed by atoms with van der Waals surface area (Å²) in [6.45, 7) is 4.44. The SMILES string of the molecule is CCCCN(C)Cc1ccccc1Br. The van der Waals surface area contributed by atoms with E-state index in [0.29, 0.717) is 0 Å². The average Bonchev–Trinajstić information content (AvgIpc) is 2.18. The van der Waals surface area contributed by atoms with Crippen molar-refractivity contribution >= 4 is 15.9 Å². The van der Waals surface area contributed by atoms with Crippen molar-refractivity contribution in [1.29, 1.82) is 0 Å². The van der Waals surface area contributed by atoms with Gasteiger partial charge in [0, 0.05) is 11.0 Å². The van der Waals surface area contributed by atoms with Crippen molar-refractivity contribution in [2.45, 2.75) is 26.3 Å². The minimum Gasteiger partial charge on any atom is -0.302 e. The van der Waals surface area contributed by atoms with Crippen LogP contribution < -0.4 is 0 Å². The van der Waals surface area contributed by atoms with E-state index in [1.807, 2.05) is 0 Å². The van der Waals surface area contributed by atoms with Crippen LogP contribution in [0.2, 0.25) is 0 Å². The Labute approximate surface area is 95.2 Å². The molecule has 1 nitrogen and oxygen atoms in total. The zero-order valence-electron chi connectivity index (χ0n) is 8.96. The van der Waals surface area contributed by atoms with Crippen molar-refractivity contribution in [3.05, 3.63) is 34.3 Å². The van der Waals surface area contributed by atoms with Crippen LogP contribution in [0.5, 0.6) is 0 Å². The van der Waals surface area contributed by atoms with E-state index in [9.17, 15) is 0 Å². The highest BCUT2D eigenvalue weighted by Crippen LogP contribution is 2.17. The van der Waals surface area contributed by atoms with Crippen molar-refractivity contribution in [3.63, 3.8) is 0 Å². The maximum absolute atomic E-state index is 3.57. The van der Waals surface area contributed by atoms with E-state index in [0.717, 1.165) is 6.54 Å². The highest BCUT2D eigenvalue weighted by Gasteiger charge is 2.02. The molecule has 0 saturated heterocycles. The molecule has 1 rings (SSSR count). The molecule has 0 radical (unpaired) electrons. The molecule has 14 heavy (non-hydrogen) atoms. The van der Waals surface area contributed by atoms with E-state index in [1.165, 1.54) is 29.4 Å². The van der Waals surface area contributed by atoms with Gasteiger partial charge in [-0.1, -0.05) is 47.5 Å². The Hall–Kier alpha value is -0.340. The monoisotopic (exact) mass is 255 g/mol. The molecule has 0 saturated carbocycles. The van der Waals surface area contributed by atoms with E-state index in [-0.39, 0.29) is 0 Å². The smallest absolute Gasteiger partial charge is 0.0241 e. The third-order valence-electron chi connectivity index (χ3n) is 2.29. The van der Waals surface area contributed by atoms with Crippen LogP contribution in [0.4, 0.5) is 0 Å². The Kier molecular flexibility index (Phi) is 5.20. The van der Waals surface area contributed by atoms with Crippen LogP contribution in [-0.2, 0) is 6.54 Å². The molecule has 0 amide bonds. The molecule has 0 unspecified atom stereocenters. The predicted molar refractivity (Wildman–Crippen MR) is 65.4 cm³/mol. The van der Waals surface area contributed by atoms with Crippen molar-refractivity contribution < 1.29 is 0 Å². The first-order valence-electron chi connectivity index (χ1n) is 5.16. The van der Waals surface area contributed by atoms with Crippen molar-refractivity contribution in [2.24, 2.45) is 0 Å². The van der Waals surface area contributed by atoms with Crippen LogP contribution in [0.15, 0.2) is 28.7 Å². The first-order chi connectivity index (χ1) is 6.74. The molecule has 78 valence electrons. The van der Waals surface area contributed by atoms with Gasteiger partial charge in [-0.3, -0.25) is 0 Å². The molecule has 0 fully saturated rings. The van der Waals surface area contributed by atoms with Crippen molar-refractivity contribution in [1.82, 2.24) is 4.90 Å². The lowest BCUT2D eigenvalue weighted by Crippen LogP contribution is -2.19. The highest BCUT2D eigenvalue weighted by atomic mass is 79.9. The molecular weight excluding hydrogens is 238 g/mol. The Morgan fingerprint density at radius 2 is 2.00 bits per heavy atom. The predicted octanol–water partition coefficient (Wildman–Crippen LogP) is 3.68. The summed E-state index contributed by atoms with van der Waals surface area (Å²) < 4.78 is 1.21. The molecule has 0 atom stereocenters. The van der Waals surface area contributed by atoms with Crippen LogP contribution in [-0.4, -0.2) is 18.5 Å². The number of unbranched alkanes of at least 4 members (excludes halogenated alkanes) is 1. The van der Waals surface area contributed by atoms with Crippen LogP contribution in [0.25, 0.3) is 0 Å². The van der Waals surface area contributed by atoms with E-state index in [2.05, 4.69) is 59.1 Å². The minimum atomic E-state index is 1.03. The number of rotatable bonds is 5. The lowest BCUT2D eigenvalue weighted by Gasteiger charge is -2.16. The van der Waals surface area contributed by atoms with Gasteiger partial charge in [0.15, 0.2) is 0 Å². The number of hydrogen-bond donors (Lipinski definition) is 0. The first kappa shape index (κ1) is 11.7. The summed E-state index contributed by atoms with van der Waals surface area (Å²) in [5, 5.41) is 0. The van der Waals surface area contributed by atoms with Gasteiger partial charge in [0.2, 0.25) is 0 Å². The Bertz CT molecular complexity index is 273. The minimum absolute atomic E-state index is 1.03. The van der Waals surface area contributed by atoms with Crippen LogP contribution in [0.3, 0.4) is 0 Å². The Balaban J connectivity index is 2.47. The molecule has 0 aliphatic carbocycles. The summed E-state index contributed by atoms with van der Waals surface area (Å²) >= 11 is 3.57. The van der Waals surface area contributed by atoms with Crippen LogP contribution >= 0.6 is 15.9 Å². The fourth-order valence-electron chi connectivity index (χ4n) is 1.42. The normalized spacial score (nSPS) is 10.9. The van der Waals surface area contributed by atoms with Gasteiger partial charge in [-0.2, -0.15) is 0 Å². The second-order valence-corrected chi connectivity index (χ2v) is 4.54. The summed E-state index contributed by atoms with van der Waals surface area (Å²) in [4.78, 5) is 2.36. The van der Waals surface area contributed by atoms with Crippen molar-refractivity contribution in [2.75, 3.05) is 13.6 Å². The van der Waals surface area contributed by atoms with Crippen molar-refractivity contribution in [3.8, 4) is 0 Å². The highest BCUT2D eigenvalue weighted by molar-refractivity contribution is 9.10. The standard InChI is InChI=1S/C12H18BrN/c1-3-4-9-14(2)10-11-7-5-6-8-12(11)13/h5-8H,3-4,9-10H2,1-2H3. The van der Waals surface area contributed by atoms with E-state index < -0.39 is 0 Å². The van der Waals surface area contributed by atoms with Gasteiger partial charge in [0.1, 0.15) is 0 Å². The van der Waals surface area contributed by atoms with Crippen LogP contribution in [0.1, 0.15) is 25.3 Å². The molecular formula is C12H18BrN. The van der Waals surface area contributed by atoms with E-state index in [1.54, 1.807) is 0 Å². The van der Waals surface area contributed by atoms with Gasteiger partial charge < -0.3 is 4.90 Å². The molecule has 0 aliphatic heterocycles.